The second-order valence-electron chi connectivity index (χ2n) is 4.90. The van der Waals surface area contributed by atoms with Crippen LogP contribution in [0.25, 0.3) is 11.3 Å². The van der Waals surface area contributed by atoms with Gasteiger partial charge in [0.1, 0.15) is 0 Å². The molecule has 0 bridgehead atoms. The molecule has 1 atom stereocenters. The number of hydrogen-bond acceptors (Lipinski definition) is 5. The van der Waals surface area contributed by atoms with E-state index in [2.05, 4.69) is 15.3 Å². The molecule has 6 nitrogen and oxygen atoms in total. The first-order chi connectivity index (χ1) is 10.3. The Bertz CT molecular complexity index is 567. The lowest BCUT2D eigenvalue weighted by molar-refractivity contribution is -0.163. The van der Waals surface area contributed by atoms with Crippen LogP contribution in [0.3, 0.4) is 0 Å². The van der Waals surface area contributed by atoms with Crippen molar-refractivity contribution in [2.45, 2.75) is 32.1 Å². The van der Waals surface area contributed by atoms with E-state index in [1.165, 1.54) is 6.42 Å². The summed E-state index contributed by atoms with van der Waals surface area (Å²) in [5, 5.41) is 12.5. The zero-order valence-corrected chi connectivity index (χ0v) is 12.4. The minimum absolute atomic E-state index is 0.0593. The Labute approximate surface area is 128 Å². The molecule has 2 aromatic heterocycles. The van der Waals surface area contributed by atoms with Gasteiger partial charge >= 0.3 is 0 Å². The molecular weight excluding hydrogens is 292 g/mol. The first kappa shape index (κ1) is 14.4. The van der Waals surface area contributed by atoms with Gasteiger partial charge in [-0.15, -0.1) is 10.2 Å². The Balaban J connectivity index is 1.51. The molecule has 1 unspecified atom stereocenters. The second kappa shape index (κ2) is 6.98. The molecule has 3 rings (SSSR count). The third-order valence-corrected chi connectivity index (χ3v) is 3.52. The van der Waals surface area contributed by atoms with Crippen molar-refractivity contribution in [1.29, 1.82) is 0 Å². The van der Waals surface area contributed by atoms with Gasteiger partial charge in [-0.25, -0.2) is 0 Å². The summed E-state index contributed by atoms with van der Waals surface area (Å²) in [6.07, 6.45) is 6.90. The number of nitrogens with zero attached hydrogens (tertiary/aromatic N) is 4. The molecule has 0 spiro atoms. The summed E-state index contributed by atoms with van der Waals surface area (Å²) in [4.78, 5) is 0. The fourth-order valence-corrected chi connectivity index (χ4v) is 2.31. The van der Waals surface area contributed by atoms with E-state index in [9.17, 15) is 0 Å². The zero-order chi connectivity index (χ0) is 14.5. The van der Waals surface area contributed by atoms with E-state index < -0.39 is 0 Å². The molecule has 0 aliphatic carbocycles. The van der Waals surface area contributed by atoms with Gasteiger partial charge in [0.25, 0.3) is 0 Å². The fourth-order valence-electron chi connectivity index (χ4n) is 2.21. The van der Waals surface area contributed by atoms with Gasteiger partial charge in [-0.1, -0.05) is 11.6 Å². The standard InChI is InChI=1S/C14H17ClN4O2/c15-13-5-4-12(17-18-13)11-9-16-19(10-11)6-8-21-14-3-1-2-7-20-14/h4-5,9-10,14H,1-3,6-8H2. The van der Waals surface area contributed by atoms with Gasteiger partial charge in [-0.3, -0.25) is 4.68 Å². The largest absolute Gasteiger partial charge is 0.353 e. The third kappa shape index (κ3) is 4.00. The van der Waals surface area contributed by atoms with E-state index in [4.69, 9.17) is 21.1 Å². The van der Waals surface area contributed by atoms with Gasteiger partial charge in [-0.05, 0) is 31.4 Å². The highest BCUT2D eigenvalue weighted by Gasteiger charge is 2.13. The Morgan fingerprint density at radius 3 is 3.05 bits per heavy atom. The van der Waals surface area contributed by atoms with Crippen LogP contribution < -0.4 is 0 Å². The van der Waals surface area contributed by atoms with Gasteiger partial charge < -0.3 is 9.47 Å². The van der Waals surface area contributed by atoms with Crippen LogP contribution in [-0.2, 0) is 16.0 Å². The fraction of sp³-hybridized carbons (Fsp3) is 0.500. The van der Waals surface area contributed by atoms with Crippen molar-refractivity contribution in [2.24, 2.45) is 0 Å². The Morgan fingerprint density at radius 2 is 2.29 bits per heavy atom. The quantitative estimate of drug-likeness (QED) is 0.849. The predicted molar refractivity (Wildman–Crippen MR) is 77.8 cm³/mol. The second-order valence-corrected chi connectivity index (χ2v) is 5.29. The molecule has 0 N–H and O–H groups in total. The molecular formula is C14H17ClN4O2. The molecule has 0 radical (unpaired) electrons. The zero-order valence-electron chi connectivity index (χ0n) is 11.6. The summed E-state index contributed by atoms with van der Waals surface area (Å²) in [7, 11) is 0. The SMILES string of the molecule is Clc1ccc(-c2cnn(CCOC3CCCCO3)c2)nn1. The van der Waals surface area contributed by atoms with Crippen LogP contribution in [0.15, 0.2) is 24.5 Å². The molecule has 0 saturated carbocycles. The smallest absolute Gasteiger partial charge is 0.157 e. The van der Waals surface area contributed by atoms with E-state index in [1.54, 1.807) is 12.3 Å². The monoisotopic (exact) mass is 308 g/mol. The first-order valence-electron chi connectivity index (χ1n) is 7.06. The molecule has 3 heterocycles. The van der Waals surface area contributed by atoms with Gasteiger partial charge in [0.15, 0.2) is 11.4 Å². The minimum Gasteiger partial charge on any atom is -0.353 e. The van der Waals surface area contributed by atoms with Crippen molar-refractivity contribution in [3.8, 4) is 11.3 Å². The van der Waals surface area contributed by atoms with Crippen LogP contribution in [0.4, 0.5) is 0 Å². The van der Waals surface area contributed by atoms with Crippen molar-refractivity contribution in [2.75, 3.05) is 13.2 Å². The summed E-state index contributed by atoms with van der Waals surface area (Å²) >= 11 is 5.72. The van der Waals surface area contributed by atoms with Crippen molar-refractivity contribution in [3.05, 3.63) is 29.7 Å². The molecule has 0 aromatic carbocycles. The Morgan fingerprint density at radius 1 is 1.33 bits per heavy atom. The number of aromatic nitrogens is 4. The van der Waals surface area contributed by atoms with E-state index in [1.807, 2.05) is 16.9 Å². The Hall–Kier alpha value is -1.50. The maximum absolute atomic E-state index is 5.72. The average molecular weight is 309 g/mol. The maximum atomic E-state index is 5.72. The van der Waals surface area contributed by atoms with Crippen LogP contribution >= 0.6 is 11.6 Å². The molecule has 7 heteroatoms. The maximum Gasteiger partial charge on any atom is 0.157 e. The molecule has 1 aliphatic rings. The van der Waals surface area contributed by atoms with Crippen LogP contribution in [0.5, 0.6) is 0 Å². The van der Waals surface area contributed by atoms with Gasteiger partial charge in [0, 0.05) is 18.4 Å². The number of ether oxygens (including phenoxy) is 2. The average Bonchev–Trinajstić information content (AvgIpc) is 2.98. The van der Waals surface area contributed by atoms with Crippen molar-refractivity contribution in [1.82, 2.24) is 20.0 Å². The number of rotatable bonds is 5. The summed E-state index contributed by atoms with van der Waals surface area (Å²) in [5.41, 5.74) is 1.66. The van der Waals surface area contributed by atoms with Crippen LogP contribution in [0.2, 0.25) is 5.15 Å². The van der Waals surface area contributed by atoms with Crippen molar-refractivity contribution >= 4 is 11.6 Å². The van der Waals surface area contributed by atoms with Crippen molar-refractivity contribution < 1.29 is 9.47 Å². The predicted octanol–water partition coefficient (Wildman–Crippen LogP) is 2.54. The van der Waals surface area contributed by atoms with E-state index in [0.29, 0.717) is 18.3 Å². The van der Waals surface area contributed by atoms with E-state index in [-0.39, 0.29) is 6.29 Å². The highest BCUT2D eigenvalue weighted by molar-refractivity contribution is 6.29. The summed E-state index contributed by atoms with van der Waals surface area (Å²) in [5.74, 6) is 0. The molecule has 2 aromatic rings. The number of halogens is 1. The minimum atomic E-state index is -0.0593. The number of hydrogen-bond donors (Lipinski definition) is 0. The normalized spacial score (nSPS) is 18.8. The molecule has 1 saturated heterocycles. The van der Waals surface area contributed by atoms with Gasteiger partial charge in [0.05, 0.1) is 25.0 Å². The lowest BCUT2D eigenvalue weighted by Gasteiger charge is -2.22. The highest BCUT2D eigenvalue weighted by Crippen LogP contribution is 2.16. The topological polar surface area (TPSA) is 62.1 Å². The summed E-state index contributed by atoms with van der Waals surface area (Å²) < 4.78 is 13.0. The summed E-state index contributed by atoms with van der Waals surface area (Å²) in [6, 6.07) is 3.54. The van der Waals surface area contributed by atoms with Crippen molar-refractivity contribution in [3.63, 3.8) is 0 Å². The van der Waals surface area contributed by atoms with Gasteiger partial charge in [0.2, 0.25) is 0 Å². The lowest BCUT2D eigenvalue weighted by atomic mass is 10.2. The molecule has 112 valence electrons. The lowest BCUT2D eigenvalue weighted by Crippen LogP contribution is -2.24. The molecule has 1 fully saturated rings. The molecule has 0 amide bonds. The van der Waals surface area contributed by atoms with Crippen LogP contribution in [0.1, 0.15) is 19.3 Å². The summed E-state index contributed by atoms with van der Waals surface area (Å²) in [6.45, 7) is 2.06. The Kier molecular flexibility index (Phi) is 4.80. The highest BCUT2D eigenvalue weighted by atomic mass is 35.5. The van der Waals surface area contributed by atoms with Crippen LogP contribution in [-0.4, -0.2) is 39.5 Å². The molecule has 21 heavy (non-hydrogen) atoms. The van der Waals surface area contributed by atoms with E-state index >= 15 is 0 Å². The van der Waals surface area contributed by atoms with Gasteiger partial charge in [-0.2, -0.15) is 5.10 Å². The molecule has 1 aliphatic heterocycles. The third-order valence-electron chi connectivity index (χ3n) is 3.32. The van der Waals surface area contributed by atoms with Crippen LogP contribution in [0, 0.1) is 0 Å². The van der Waals surface area contributed by atoms with E-state index in [0.717, 1.165) is 30.7 Å². The first-order valence-corrected chi connectivity index (χ1v) is 7.44.